The van der Waals surface area contributed by atoms with Crippen molar-refractivity contribution in [2.75, 3.05) is 7.11 Å². The molecule has 0 aromatic heterocycles. The third-order valence-corrected chi connectivity index (χ3v) is 3.45. The van der Waals surface area contributed by atoms with Gasteiger partial charge < -0.3 is 4.74 Å². The number of hydrogen-bond donors (Lipinski definition) is 0. The maximum absolute atomic E-state index is 11.3. The molecule has 0 spiro atoms. The molecule has 6 heteroatoms. The standard InChI is InChI=1S/C15H10Cl3NO2/c1-21-15(20)10-4-2-9(3-5-10)8-19-14-12(17)6-11(16)7-13(14)18/h2-8H,1H3/b19-8+. The minimum Gasteiger partial charge on any atom is -0.465 e. The molecular formula is C15H10Cl3NO2. The molecule has 21 heavy (non-hydrogen) atoms. The number of halogens is 3. The number of methoxy groups -OCH3 is 1. The fourth-order valence-electron chi connectivity index (χ4n) is 1.62. The van der Waals surface area contributed by atoms with Gasteiger partial charge in [0.15, 0.2) is 0 Å². The molecule has 2 rings (SSSR count). The number of ether oxygens (including phenoxy) is 1. The molecule has 0 fully saturated rings. The van der Waals surface area contributed by atoms with Crippen LogP contribution in [0.25, 0.3) is 0 Å². The average molecular weight is 343 g/mol. The van der Waals surface area contributed by atoms with Crippen LogP contribution in [0.15, 0.2) is 41.4 Å². The van der Waals surface area contributed by atoms with Crippen molar-refractivity contribution in [2.24, 2.45) is 4.99 Å². The van der Waals surface area contributed by atoms with Gasteiger partial charge in [-0.2, -0.15) is 0 Å². The molecule has 108 valence electrons. The van der Waals surface area contributed by atoms with Crippen molar-refractivity contribution in [2.45, 2.75) is 0 Å². The molecule has 0 unspecified atom stereocenters. The van der Waals surface area contributed by atoms with Crippen molar-refractivity contribution in [1.82, 2.24) is 0 Å². The zero-order chi connectivity index (χ0) is 15.4. The molecule has 2 aromatic carbocycles. The van der Waals surface area contributed by atoms with Gasteiger partial charge in [-0.25, -0.2) is 4.79 Å². The summed E-state index contributed by atoms with van der Waals surface area (Å²) >= 11 is 17.9. The van der Waals surface area contributed by atoms with Crippen LogP contribution in [0.4, 0.5) is 5.69 Å². The summed E-state index contributed by atoms with van der Waals surface area (Å²) in [5.41, 5.74) is 1.71. The van der Waals surface area contributed by atoms with E-state index in [2.05, 4.69) is 9.73 Å². The van der Waals surface area contributed by atoms with Crippen molar-refractivity contribution in [3.8, 4) is 0 Å². The van der Waals surface area contributed by atoms with Crippen LogP contribution in [0.3, 0.4) is 0 Å². The summed E-state index contributed by atoms with van der Waals surface area (Å²) < 4.78 is 4.63. The van der Waals surface area contributed by atoms with Gasteiger partial charge in [0.25, 0.3) is 0 Å². The molecular weight excluding hydrogens is 333 g/mol. The van der Waals surface area contributed by atoms with Gasteiger partial charge in [0.05, 0.1) is 22.7 Å². The Kier molecular flexibility index (Phi) is 5.23. The van der Waals surface area contributed by atoms with Crippen molar-refractivity contribution in [1.29, 1.82) is 0 Å². The molecule has 2 aromatic rings. The third-order valence-electron chi connectivity index (χ3n) is 2.66. The van der Waals surface area contributed by atoms with Crippen LogP contribution in [-0.4, -0.2) is 19.3 Å². The van der Waals surface area contributed by atoms with Crippen LogP contribution >= 0.6 is 34.8 Å². The first kappa shape index (κ1) is 15.8. The lowest BCUT2D eigenvalue weighted by molar-refractivity contribution is 0.0601. The highest BCUT2D eigenvalue weighted by Gasteiger charge is 2.06. The number of aliphatic imine (C=N–C) groups is 1. The minimum atomic E-state index is -0.387. The first-order chi connectivity index (χ1) is 10.0. The molecule has 0 aliphatic carbocycles. The van der Waals surface area contributed by atoms with E-state index in [9.17, 15) is 4.79 Å². The Hall–Kier alpha value is -1.55. The van der Waals surface area contributed by atoms with Crippen LogP contribution in [0.2, 0.25) is 15.1 Å². The molecule has 0 N–H and O–H groups in total. The van der Waals surface area contributed by atoms with E-state index in [0.717, 1.165) is 5.56 Å². The Morgan fingerprint density at radius 2 is 1.67 bits per heavy atom. The van der Waals surface area contributed by atoms with Crippen LogP contribution in [0, 0.1) is 0 Å². The average Bonchev–Trinajstić information content (AvgIpc) is 2.46. The Morgan fingerprint density at radius 1 is 1.10 bits per heavy atom. The Labute approximate surface area is 137 Å². The molecule has 0 aliphatic rings. The smallest absolute Gasteiger partial charge is 0.337 e. The maximum atomic E-state index is 11.3. The number of benzene rings is 2. The maximum Gasteiger partial charge on any atom is 0.337 e. The summed E-state index contributed by atoms with van der Waals surface area (Å²) in [7, 11) is 1.34. The number of nitrogens with zero attached hydrogens (tertiary/aromatic N) is 1. The van der Waals surface area contributed by atoms with E-state index in [1.165, 1.54) is 7.11 Å². The summed E-state index contributed by atoms with van der Waals surface area (Å²) in [6.45, 7) is 0. The lowest BCUT2D eigenvalue weighted by Gasteiger charge is -2.02. The molecule has 0 bridgehead atoms. The molecule has 0 atom stereocenters. The van der Waals surface area contributed by atoms with Gasteiger partial charge >= 0.3 is 5.97 Å². The van der Waals surface area contributed by atoms with E-state index in [-0.39, 0.29) is 5.97 Å². The number of esters is 1. The Morgan fingerprint density at radius 3 is 2.19 bits per heavy atom. The van der Waals surface area contributed by atoms with Gasteiger partial charge in [-0.05, 0) is 29.8 Å². The van der Waals surface area contributed by atoms with Crippen LogP contribution in [0.5, 0.6) is 0 Å². The summed E-state index contributed by atoms with van der Waals surface area (Å²) in [5.74, 6) is -0.387. The van der Waals surface area contributed by atoms with Crippen molar-refractivity contribution in [3.63, 3.8) is 0 Å². The molecule has 0 saturated carbocycles. The van der Waals surface area contributed by atoms with Crippen LogP contribution in [-0.2, 0) is 4.74 Å². The number of rotatable bonds is 3. The number of hydrogen-bond acceptors (Lipinski definition) is 3. The van der Waals surface area contributed by atoms with E-state index >= 15 is 0 Å². The van der Waals surface area contributed by atoms with E-state index in [0.29, 0.717) is 26.3 Å². The monoisotopic (exact) mass is 341 g/mol. The van der Waals surface area contributed by atoms with E-state index in [1.54, 1.807) is 42.6 Å². The van der Waals surface area contributed by atoms with Crippen molar-refractivity contribution < 1.29 is 9.53 Å². The minimum absolute atomic E-state index is 0.370. The van der Waals surface area contributed by atoms with Gasteiger partial charge in [-0.1, -0.05) is 46.9 Å². The predicted molar refractivity (Wildman–Crippen MR) is 86.5 cm³/mol. The van der Waals surface area contributed by atoms with Crippen molar-refractivity contribution in [3.05, 3.63) is 62.6 Å². The third kappa shape index (κ3) is 3.97. The fraction of sp³-hybridized carbons (Fsp3) is 0.0667. The lowest BCUT2D eigenvalue weighted by atomic mass is 10.1. The summed E-state index contributed by atoms with van der Waals surface area (Å²) in [6, 6.07) is 9.93. The first-order valence-corrected chi connectivity index (χ1v) is 7.01. The van der Waals surface area contributed by atoms with Crippen LogP contribution in [0.1, 0.15) is 15.9 Å². The molecule has 0 amide bonds. The molecule has 0 saturated heterocycles. The highest BCUT2D eigenvalue weighted by atomic mass is 35.5. The van der Waals surface area contributed by atoms with Gasteiger partial charge in [-0.15, -0.1) is 0 Å². The fourth-order valence-corrected chi connectivity index (χ4v) is 2.53. The molecule has 0 heterocycles. The van der Waals surface area contributed by atoms with E-state index < -0.39 is 0 Å². The van der Waals surface area contributed by atoms with E-state index in [4.69, 9.17) is 34.8 Å². The van der Waals surface area contributed by atoms with Crippen LogP contribution < -0.4 is 0 Å². The number of carbonyl (C=O) groups excluding carboxylic acids is 1. The Balaban J connectivity index is 2.24. The molecule has 0 radical (unpaired) electrons. The predicted octanol–water partition coefficient (Wildman–Crippen LogP) is 5.18. The van der Waals surface area contributed by atoms with Gasteiger partial charge in [-0.3, -0.25) is 4.99 Å². The zero-order valence-corrected chi connectivity index (χ0v) is 13.2. The summed E-state index contributed by atoms with van der Waals surface area (Å²) in [5, 5.41) is 1.19. The summed E-state index contributed by atoms with van der Waals surface area (Å²) in [4.78, 5) is 15.6. The lowest BCUT2D eigenvalue weighted by Crippen LogP contribution is -2.00. The largest absolute Gasteiger partial charge is 0.465 e. The van der Waals surface area contributed by atoms with Crippen molar-refractivity contribution >= 4 is 52.7 Å². The highest BCUT2D eigenvalue weighted by molar-refractivity contribution is 6.41. The molecule has 3 nitrogen and oxygen atoms in total. The second kappa shape index (κ2) is 6.94. The highest BCUT2D eigenvalue weighted by Crippen LogP contribution is 2.35. The molecule has 0 aliphatic heterocycles. The quantitative estimate of drug-likeness (QED) is 0.569. The Bertz CT molecular complexity index is 674. The normalized spacial score (nSPS) is 10.9. The number of carbonyl (C=O) groups is 1. The van der Waals surface area contributed by atoms with Gasteiger partial charge in [0, 0.05) is 11.2 Å². The van der Waals surface area contributed by atoms with Gasteiger partial charge in [0.1, 0.15) is 5.69 Å². The second-order valence-electron chi connectivity index (χ2n) is 4.09. The first-order valence-electron chi connectivity index (χ1n) is 5.88. The zero-order valence-electron chi connectivity index (χ0n) is 10.9. The SMILES string of the molecule is COC(=O)c1ccc(/C=N/c2c(Cl)cc(Cl)cc2Cl)cc1. The topological polar surface area (TPSA) is 38.7 Å². The summed E-state index contributed by atoms with van der Waals surface area (Å²) in [6.07, 6.45) is 1.60. The van der Waals surface area contributed by atoms with Gasteiger partial charge in [0.2, 0.25) is 0 Å². The second-order valence-corrected chi connectivity index (χ2v) is 5.34. The van der Waals surface area contributed by atoms with E-state index in [1.807, 2.05) is 0 Å².